The number of allylic oxidation sites excluding steroid dienone is 1. The Bertz CT molecular complexity index is 2190. The molecule has 0 radical (unpaired) electrons. The maximum Gasteiger partial charge on any atom is 0.271 e. The van der Waals surface area contributed by atoms with Gasteiger partial charge in [-0.05, 0) is 59.4 Å². The van der Waals surface area contributed by atoms with Gasteiger partial charge in [-0.15, -0.1) is 0 Å². The van der Waals surface area contributed by atoms with Crippen LogP contribution in [0.25, 0.3) is 33.9 Å². The zero-order valence-electron chi connectivity index (χ0n) is 22.0. The molecular weight excluding hydrogens is 590 g/mol. The van der Waals surface area contributed by atoms with Crippen LogP contribution in [0, 0.1) is 0 Å². The lowest BCUT2D eigenvalue weighted by Gasteiger charge is -2.30. The number of nitrogens with one attached hydrogen (secondary N) is 1. The molecule has 8 rings (SSSR count). The van der Waals surface area contributed by atoms with Gasteiger partial charge < -0.3 is 4.98 Å². The molecule has 41 heavy (non-hydrogen) atoms. The molecule has 2 aliphatic rings. The molecule has 0 spiro atoms. The van der Waals surface area contributed by atoms with Crippen LogP contribution in [0.1, 0.15) is 34.7 Å². The maximum absolute atomic E-state index is 14.3. The van der Waals surface area contributed by atoms with Gasteiger partial charge in [0.25, 0.3) is 5.56 Å². The molecule has 1 N–H and O–H groups in total. The molecule has 0 fully saturated rings. The van der Waals surface area contributed by atoms with Crippen LogP contribution in [0.15, 0.2) is 123 Å². The first-order valence-corrected chi connectivity index (χ1v) is 15.3. The standard InChI is InChI=1S/C35H24BrN3OS/c36-24-17-14-23(15-18-24)33-27-19-16-21-8-4-5-11-25(21)32(27)38-35-39(33)34(40)30(41-35)20-28-26-12-6-7-13-29(26)37-31(28)22-9-2-1-3-10-22/h1-15,17-18,20,33,37H,16,19H2/b30-20+/t33-/m0/s1. The van der Waals surface area contributed by atoms with Gasteiger partial charge in [0, 0.05) is 26.5 Å². The van der Waals surface area contributed by atoms with E-state index < -0.39 is 0 Å². The lowest BCUT2D eigenvalue weighted by atomic mass is 9.83. The molecule has 0 unspecified atom stereocenters. The number of H-pyrrole nitrogens is 1. The summed E-state index contributed by atoms with van der Waals surface area (Å²) in [6.45, 7) is 0. The van der Waals surface area contributed by atoms with Gasteiger partial charge in [0.15, 0.2) is 4.80 Å². The van der Waals surface area contributed by atoms with Gasteiger partial charge >= 0.3 is 0 Å². The first kappa shape index (κ1) is 24.5. The van der Waals surface area contributed by atoms with E-state index in [2.05, 4.69) is 99.8 Å². The number of hydrogen-bond donors (Lipinski definition) is 1. The van der Waals surface area contributed by atoms with Crippen molar-refractivity contribution >= 4 is 49.9 Å². The lowest BCUT2D eigenvalue weighted by Crippen LogP contribution is -2.38. The fourth-order valence-corrected chi connectivity index (χ4v) is 7.49. The SMILES string of the molecule is O=c1/c(=C\c2c(-c3ccccc3)[nH]c3ccccc23)sc2n1[C@@H](c1ccc(Br)cc1)C1=C(N=2)c2ccccc2CC1. The molecule has 1 aliphatic heterocycles. The van der Waals surface area contributed by atoms with E-state index in [0.29, 0.717) is 4.53 Å². The first-order valence-electron chi connectivity index (χ1n) is 13.7. The van der Waals surface area contributed by atoms with Crippen molar-refractivity contribution in [1.82, 2.24) is 9.55 Å². The van der Waals surface area contributed by atoms with Crippen molar-refractivity contribution in [1.29, 1.82) is 0 Å². The van der Waals surface area contributed by atoms with Gasteiger partial charge in [0.2, 0.25) is 0 Å². The van der Waals surface area contributed by atoms with Crippen LogP contribution < -0.4 is 14.9 Å². The van der Waals surface area contributed by atoms with Crippen molar-refractivity contribution in [3.05, 3.63) is 155 Å². The van der Waals surface area contributed by atoms with E-state index in [4.69, 9.17) is 4.99 Å². The number of aryl methyl sites for hydroxylation is 1. The number of thiazole rings is 1. The Kier molecular flexibility index (Phi) is 5.79. The summed E-state index contributed by atoms with van der Waals surface area (Å²) in [5.41, 5.74) is 9.98. The second-order valence-electron chi connectivity index (χ2n) is 10.5. The highest BCUT2D eigenvalue weighted by Crippen LogP contribution is 2.41. The number of benzene rings is 4. The number of aromatic amines is 1. The summed E-state index contributed by atoms with van der Waals surface area (Å²) >= 11 is 5.06. The number of rotatable bonds is 3. The Labute approximate surface area is 248 Å². The fourth-order valence-electron chi connectivity index (χ4n) is 6.24. The van der Waals surface area contributed by atoms with E-state index in [1.807, 2.05) is 34.9 Å². The molecule has 1 aliphatic carbocycles. The van der Waals surface area contributed by atoms with Crippen LogP contribution in [-0.4, -0.2) is 9.55 Å². The number of nitrogens with zero attached hydrogens (tertiary/aromatic N) is 2. The smallest absolute Gasteiger partial charge is 0.271 e. The van der Waals surface area contributed by atoms with Crippen molar-refractivity contribution in [2.75, 3.05) is 0 Å². The van der Waals surface area contributed by atoms with Crippen LogP contribution >= 0.6 is 27.3 Å². The summed E-state index contributed by atoms with van der Waals surface area (Å²) in [7, 11) is 0. The highest BCUT2D eigenvalue weighted by atomic mass is 79.9. The van der Waals surface area contributed by atoms with Crippen molar-refractivity contribution in [3.8, 4) is 11.3 Å². The molecule has 1 atom stereocenters. The van der Waals surface area contributed by atoms with Crippen molar-refractivity contribution in [2.45, 2.75) is 18.9 Å². The van der Waals surface area contributed by atoms with Gasteiger partial charge in [-0.25, -0.2) is 4.99 Å². The second kappa shape index (κ2) is 9.68. The Hall–Kier alpha value is -4.26. The Morgan fingerprint density at radius 1 is 0.878 bits per heavy atom. The number of fused-ring (bicyclic) bond motifs is 4. The topological polar surface area (TPSA) is 50.1 Å². The molecule has 3 heterocycles. The summed E-state index contributed by atoms with van der Waals surface area (Å²) in [5.74, 6) is 0. The van der Waals surface area contributed by atoms with Crippen LogP contribution in [-0.2, 0) is 6.42 Å². The van der Waals surface area contributed by atoms with E-state index in [1.54, 1.807) is 0 Å². The monoisotopic (exact) mass is 613 g/mol. The average Bonchev–Trinajstić information content (AvgIpc) is 3.54. The van der Waals surface area contributed by atoms with Gasteiger partial charge in [-0.2, -0.15) is 0 Å². The fraction of sp³-hybridized carbons (Fsp3) is 0.0857. The van der Waals surface area contributed by atoms with Crippen molar-refractivity contribution in [2.24, 2.45) is 4.99 Å². The number of aromatic nitrogens is 2. The van der Waals surface area contributed by atoms with Crippen LogP contribution in [0.4, 0.5) is 0 Å². The lowest BCUT2D eigenvalue weighted by molar-refractivity contribution is 0.585. The molecule has 0 saturated heterocycles. The maximum atomic E-state index is 14.3. The van der Waals surface area contributed by atoms with Gasteiger partial charge in [0.05, 0.1) is 22.0 Å². The van der Waals surface area contributed by atoms with Crippen LogP contribution in [0.3, 0.4) is 0 Å². The Morgan fingerprint density at radius 2 is 1.63 bits per heavy atom. The number of para-hydroxylation sites is 1. The predicted molar refractivity (Wildman–Crippen MR) is 171 cm³/mol. The third-order valence-electron chi connectivity index (χ3n) is 8.14. The molecule has 0 saturated carbocycles. The van der Waals surface area contributed by atoms with Crippen LogP contribution in [0.2, 0.25) is 0 Å². The minimum absolute atomic E-state index is 0.00336. The predicted octanol–water partition coefficient (Wildman–Crippen LogP) is 7.23. The largest absolute Gasteiger partial charge is 0.354 e. The summed E-state index contributed by atoms with van der Waals surface area (Å²) in [6.07, 6.45) is 3.87. The normalized spacial score (nSPS) is 16.3. The highest BCUT2D eigenvalue weighted by molar-refractivity contribution is 9.10. The van der Waals surface area contributed by atoms with E-state index in [9.17, 15) is 4.79 Å². The average molecular weight is 615 g/mol. The Balaban J connectivity index is 1.40. The molecule has 4 aromatic carbocycles. The summed E-state index contributed by atoms with van der Waals surface area (Å²) in [6, 6.07) is 35.3. The molecule has 198 valence electrons. The zero-order chi connectivity index (χ0) is 27.5. The van der Waals surface area contributed by atoms with E-state index in [1.165, 1.54) is 28.0 Å². The Morgan fingerprint density at radius 3 is 2.49 bits per heavy atom. The quantitative estimate of drug-likeness (QED) is 0.225. The van der Waals surface area contributed by atoms with Crippen molar-refractivity contribution in [3.63, 3.8) is 0 Å². The third-order valence-corrected chi connectivity index (χ3v) is 9.65. The second-order valence-corrected chi connectivity index (χ2v) is 12.4. The van der Waals surface area contributed by atoms with Crippen LogP contribution in [0.5, 0.6) is 0 Å². The number of hydrogen-bond acceptors (Lipinski definition) is 3. The molecule has 4 nitrogen and oxygen atoms in total. The molecular formula is C35H24BrN3OS. The first-order chi connectivity index (χ1) is 20.2. The molecule has 6 heteroatoms. The molecule has 6 aromatic rings. The van der Waals surface area contributed by atoms with Gasteiger partial charge in [-0.3, -0.25) is 9.36 Å². The van der Waals surface area contributed by atoms with Gasteiger partial charge in [0.1, 0.15) is 0 Å². The summed E-state index contributed by atoms with van der Waals surface area (Å²) in [5, 5.41) is 1.09. The minimum Gasteiger partial charge on any atom is -0.354 e. The number of halogens is 1. The summed E-state index contributed by atoms with van der Waals surface area (Å²) < 4.78 is 3.62. The van der Waals surface area contributed by atoms with E-state index >= 15 is 0 Å². The van der Waals surface area contributed by atoms with Crippen molar-refractivity contribution < 1.29 is 0 Å². The third kappa shape index (κ3) is 4.01. The zero-order valence-corrected chi connectivity index (χ0v) is 24.4. The molecule has 0 bridgehead atoms. The molecule has 2 aromatic heterocycles. The molecule has 0 amide bonds. The van der Waals surface area contributed by atoms with E-state index in [-0.39, 0.29) is 11.6 Å². The van der Waals surface area contributed by atoms with E-state index in [0.717, 1.165) is 61.1 Å². The minimum atomic E-state index is -0.193. The highest BCUT2D eigenvalue weighted by Gasteiger charge is 2.32. The summed E-state index contributed by atoms with van der Waals surface area (Å²) in [4.78, 5) is 23.9. The van der Waals surface area contributed by atoms with Gasteiger partial charge in [-0.1, -0.05) is 112 Å².